The average molecular weight is 336 g/mol. The van der Waals surface area contributed by atoms with Gasteiger partial charge in [0.05, 0.1) is 12.9 Å². The van der Waals surface area contributed by atoms with Gasteiger partial charge in [-0.25, -0.2) is 17.2 Å². The minimum Gasteiger partial charge on any atom is -0.383 e. The summed E-state index contributed by atoms with van der Waals surface area (Å²) in [5.74, 6) is -2.46. The van der Waals surface area contributed by atoms with E-state index in [-0.39, 0.29) is 19.5 Å². The number of methoxy groups -OCH3 is 1. The van der Waals surface area contributed by atoms with Crippen molar-refractivity contribution in [1.29, 1.82) is 0 Å². The molecule has 1 rings (SSSR count). The normalized spacial score (nSPS) is 11.3. The molecule has 0 aliphatic heterocycles. The Balaban J connectivity index is 2.86. The van der Waals surface area contributed by atoms with Gasteiger partial charge in [-0.3, -0.25) is 9.10 Å². The molecule has 0 unspecified atom stereocenters. The van der Waals surface area contributed by atoms with Crippen LogP contribution in [0.3, 0.4) is 0 Å². The number of hydrogen-bond acceptors (Lipinski definition) is 4. The van der Waals surface area contributed by atoms with E-state index in [1.807, 2.05) is 0 Å². The fourth-order valence-corrected chi connectivity index (χ4v) is 2.68. The highest BCUT2D eigenvalue weighted by atomic mass is 32.2. The van der Waals surface area contributed by atoms with Crippen LogP contribution in [-0.2, 0) is 19.6 Å². The van der Waals surface area contributed by atoms with Crippen LogP contribution in [0, 0.1) is 11.6 Å². The molecular formula is C13H18F2N2O4S. The highest BCUT2D eigenvalue weighted by molar-refractivity contribution is 7.92. The lowest BCUT2D eigenvalue weighted by Crippen LogP contribution is -2.36. The van der Waals surface area contributed by atoms with Crippen LogP contribution < -0.4 is 9.62 Å². The van der Waals surface area contributed by atoms with E-state index in [0.717, 1.165) is 24.5 Å². The zero-order valence-corrected chi connectivity index (χ0v) is 13.1. The third-order valence-electron chi connectivity index (χ3n) is 2.76. The van der Waals surface area contributed by atoms with Crippen molar-refractivity contribution in [1.82, 2.24) is 5.32 Å². The molecule has 0 aliphatic carbocycles. The fraction of sp³-hybridized carbons (Fsp3) is 0.462. The highest BCUT2D eigenvalue weighted by Gasteiger charge is 2.24. The minimum absolute atomic E-state index is 0.232. The third kappa shape index (κ3) is 5.23. The zero-order valence-electron chi connectivity index (χ0n) is 12.3. The first kappa shape index (κ1) is 18.3. The van der Waals surface area contributed by atoms with E-state index in [9.17, 15) is 22.0 Å². The summed E-state index contributed by atoms with van der Waals surface area (Å²) < 4.78 is 56.3. The second-order valence-corrected chi connectivity index (χ2v) is 6.40. The van der Waals surface area contributed by atoms with Crippen LogP contribution >= 0.6 is 0 Å². The van der Waals surface area contributed by atoms with Crippen molar-refractivity contribution in [3.8, 4) is 0 Å². The molecule has 0 fully saturated rings. The first-order valence-corrected chi connectivity index (χ1v) is 8.29. The van der Waals surface area contributed by atoms with E-state index in [1.165, 1.54) is 7.11 Å². The van der Waals surface area contributed by atoms with Crippen LogP contribution in [-0.4, -0.2) is 47.4 Å². The molecule has 0 atom stereocenters. The second-order valence-electron chi connectivity index (χ2n) is 4.50. The molecule has 1 amide bonds. The predicted molar refractivity (Wildman–Crippen MR) is 78.1 cm³/mol. The topological polar surface area (TPSA) is 75.7 Å². The molecule has 22 heavy (non-hydrogen) atoms. The standard InChI is InChI=1S/C13H18F2N2O4S/c1-21-9-7-16-12(18)6-8-17(22(2,19)20)13-10(14)4-3-5-11(13)15/h3-5H,6-9H2,1-2H3,(H,16,18). The highest BCUT2D eigenvalue weighted by Crippen LogP contribution is 2.25. The maximum absolute atomic E-state index is 13.7. The Bertz CT molecular complexity index is 602. The molecule has 0 aromatic heterocycles. The van der Waals surface area contributed by atoms with Gasteiger partial charge in [0, 0.05) is 26.6 Å². The number of carbonyl (C=O) groups is 1. The molecule has 0 saturated carbocycles. The lowest BCUT2D eigenvalue weighted by Gasteiger charge is -2.23. The van der Waals surface area contributed by atoms with Crippen molar-refractivity contribution in [2.24, 2.45) is 0 Å². The van der Waals surface area contributed by atoms with Gasteiger partial charge in [0.15, 0.2) is 11.6 Å². The van der Waals surface area contributed by atoms with Crippen LogP contribution in [0.5, 0.6) is 0 Å². The number of hydrogen-bond donors (Lipinski definition) is 1. The molecule has 1 aromatic carbocycles. The van der Waals surface area contributed by atoms with E-state index in [2.05, 4.69) is 5.32 Å². The Morgan fingerprint density at radius 2 is 1.91 bits per heavy atom. The summed E-state index contributed by atoms with van der Waals surface area (Å²) in [6, 6.07) is 3.04. The molecule has 0 heterocycles. The van der Waals surface area contributed by atoms with Gasteiger partial charge >= 0.3 is 0 Å². The van der Waals surface area contributed by atoms with Crippen molar-refractivity contribution < 1.29 is 26.7 Å². The van der Waals surface area contributed by atoms with Crippen molar-refractivity contribution in [2.45, 2.75) is 6.42 Å². The maximum Gasteiger partial charge on any atom is 0.232 e. The first-order chi connectivity index (χ1) is 10.3. The zero-order chi connectivity index (χ0) is 16.8. The van der Waals surface area contributed by atoms with Gasteiger partial charge in [-0.2, -0.15) is 0 Å². The van der Waals surface area contributed by atoms with Gasteiger partial charge < -0.3 is 10.1 Å². The Hall–Kier alpha value is -1.74. The van der Waals surface area contributed by atoms with Gasteiger partial charge in [0.1, 0.15) is 5.69 Å². The van der Waals surface area contributed by atoms with Crippen molar-refractivity contribution >= 4 is 21.6 Å². The van der Waals surface area contributed by atoms with Gasteiger partial charge in [-0.15, -0.1) is 0 Å². The number of nitrogens with zero attached hydrogens (tertiary/aromatic N) is 1. The number of nitrogens with one attached hydrogen (secondary N) is 1. The summed E-state index contributed by atoms with van der Waals surface area (Å²) in [5, 5.41) is 2.50. The maximum atomic E-state index is 13.7. The van der Waals surface area contributed by atoms with E-state index in [4.69, 9.17) is 4.74 Å². The molecule has 0 aliphatic rings. The monoisotopic (exact) mass is 336 g/mol. The summed E-state index contributed by atoms with van der Waals surface area (Å²) >= 11 is 0. The van der Waals surface area contributed by atoms with Crippen molar-refractivity contribution in [3.05, 3.63) is 29.8 Å². The Morgan fingerprint density at radius 3 is 2.41 bits per heavy atom. The van der Waals surface area contributed by atoms with Crippen LogP contribution in [0.2, 0.25) is 0 Å². The fourth-order valence-electron chi connectivity index (χ4n) is 1.75. The predicted octanol–water partition coefficient (Wildman–Crippen LogP) is 0.883. The molecule has 0 bridgehead atoms. The molecule has 1 aromatic rings. The summed E-state index contributed by atoms with van der Waals surface area (Å²) in [4.78, 5) is 11.6. The Labute approximate surface area is 128 Å². The van der Waals surface area contributed by atoms with Gasteiger partial charge in [0.2, 0.25) is 15.9 Å². The largest absolute Gasteiger partial charge is 0.383 e. The van der Waals surface area contributed by atoms with Crippen molar-refractivity contribution in [2.75, 3.05) is 37.4 Å². The number of sulfonamides is 1. The Kier molecular flexibility index (Phi) is 6.69. The number of halogens is 2. The number of anilines is 1. The summed E-state index contributed by atoms with van der Waals surface area (Å²) in [7, 11) is -2.46. The SMILES string of the molecule is COCCNC(=O)CCN(c1c(F)cccc1F)S(C)(=O)=O. The molecule has 1 N–H and O–H groups in total. The molecular weight excluding hydrogens is 318 g/mol. The van der Waals surface area contributed by atoms with Crippen molar-refractivity contribution in [3.63, 3.8) is 0 Å². The number of benzene rings is 1. The van der Waals surface area contributed by atoms with Crippen LogP contribution in [0.25, 0.3) is 0 Å². The van der Waals surface area contributed by atoms with E-state index < -0.39 is 33.3 Å². The van der Waals surface area contributed by atoms with Gasteiger partial charge in [-0.1, -0.05) is 6.07 Å². The molecule has 0 radical (unpaired) electrons. The lowest BCUT2D eigenvalue weighted by atomic mass is 10.2. The van der Waals surface area contributed by atoms with Crippen LogP contribution in [0.4, 0.5) is 14.5 Å². The number of carbonyl (C=O) groups excluding carboxylic acids is 1. The Morgan fingerprint density at radius 1 is 1.32 bits per heavy atom. The van der Waals surface area contributed by atoms with E-state index in [0.29, 0.717) is 10.9 Å². The molecule has 124 valence electrons. The number of para-hydroxylation sites is 1. The quantitative estimate of drug-likeness (QED) is 0.715. The van der Waals surface area contributed by atoms with Crippen LogP contribution in [0.1, 0.15) is 6.42 Å². The van der Waals surface area contributed by atoms with Crippen LogP contribution in [0.15, 0.2) is 18.2 Å². The van der Waals surface area contributed by atoms with E-state index in [1.54, 1.807) is 0 Å². The first-order valence-electron chi connectivity index (χ1n) is 6.44. The van der Waals surface area contributed by atoms with Gasteiger partial charge in [-0.05, 0) is 12.1 Å². The third-order valence-corrected chi connectivity index (χ3v) is 3.92. The average Bonchev–Trinajstić information content (AvgIpc) is 2.41. The smallest absolute Gasteiger partial charge is 0.232 e. The summed E-state index contributed by atoms with van der Waals surface area (Å²) in [6.07, 6.45) is 0.590. The number of amides is 1. The van der Waals surface area contributed by atoms with E-state index >= 15 is 0 Å². The minimum atomic E-state index is -3.94. The molecule has 0 saturated heterocycles. The second kappa shape index (κ2) is 8.04. The molecule has 9 heteroatoms. The number of rotatable bonds is 8. The molecule has 6 nitrogen and oxygen atoms in total. The molecule has 0 spiro atoms. The number of ether oxygens (including phenoxy) is 1. The summed E-state index contributed by atoms with van der Waals surface area (Å²) in [5.41, 5.74) is -0.685. The lowest BCUT2D eigenvalue weighted by molar-refractivity contribution is -0.121. The summed E-state index contributed by atoms with van der Waals surface area (Å²) in [6.45, 7) is 0.210. The van der Waals surface area contributed by atoms with Gasteiger partial charge in [0.25, 0.3) is 0 Å².